The topological polar surface area (TPSA) is 48.7 Å². The summed E-state index contributed by atoms with van der Waals surface area (Å²) >= 11 is 0. The number of nitrogens with zero attached hydrogens (tertiary/aromatic N) is 2. The second-order valence-corrected chi connectivity index (χ2v) is 4.86. The third kappa shape index (κ3) is 2.43. The van der Waals surface area contributed by atoms with Gasteiger partial charge in [0.2, 0.25) is 0 Å². The summed E-state index contributed by atoms with van der Waals surface area (Å²) in [5.41, 5.74) is 3.46. The predicted octanol–water partition coefficient (Wildman–Crippen LogP) is 2.92. The van der Waals surface area contributed by atoms with Gasteiger partial charge in [0.15, 0.2) is 0 Å². The van der Waals surface area contributed by atoms with E-state index in [1.807, 2.05) is 0 Å². The Morgan fingerprint density at radius 3 is 2.84 bits per heavy atom. The first-order chi connectivity index (χ1) is 9.36. The lowest BCUT2D eigenvalue weighted by atomic mass is 9.88. The van der Waals surface area contributed by atoms with E-state index in [1.165, 1.54) is 11.1 Å². The molecule has 1 heterocycles. The lowest BCUT2D eigenvalue weighted by Gasteiger charge is -2.26. The first-order valence-electron chi connectivity index (χ1n) is 6.55. The molecule has 1 aliphatic carbocycles. The minimum absolute atomic E-state index is 0.358. The number of hydrogen-bond donors (Lipinski definition) is 1. The molecule has 0 fully saturated rings. The summed E-state index contributed by atoms with van der Waals surface area (Å²) in [5.74, 6) is 0.703. The van der Waals surface area contributed by atoms with Gasteiger partial charge in [-0.2, -0.15) is 5.26 Å². The van der Waals surface area contributed by atoms with Crippen molar-refractivity contribution in [1.29, 1.82) is 5.26 Å². The number of benzene rings is 1. The monoisotopic (exact) mass is 249 g/mol. The third-order valence-electron chi connectivity index (χ3n) is 3.62. The van der Waals surface area contributed by atoms with Gasteiger partial charge in [-0.15, -0.1) is 0 Å². The van der Waals surface area contributed by atoms with Crippen molar-refractivity contribution in [2.75, 3.05) is 5.32 Å². The standard InChI is InChI=1S/C16H15N3/c17-11-14-6-3-9-18-16(14)19-15-8-7-12-4-1-2-5-13(12)10-15/h1-6,9,15H,7-8,10H2,(H,18,19)/t15-/m0/s1. The molecule has 0 bridgehead atoms. The third-order valence-corrected chi connectivity index (χ3v) is 3.62. The normalized spacial score (nSPS) is 17.3. The molecule has 3 nitrogen and oxygen atoms in total. The molecule has 0 saturated carbocycles. The maximum Gasteiger partial charge on any atom is 0.144 e. The Hall–Kier alpha value is -2.34. The molecule has 0 aliphatic heterocycles. The van der Waals surface area contributed by atoms with Gasteiger partial charge in [-0.05, 0) is 42.5 Å². The zero-order chi connectivity index (χ0) is 13.1. The van der Waals surface area contributed by atoms with Crippen LogP contribution in [0.15, 0.2) is 42.6 Å². The van der Waals surface area contributed by atoms with Crippen LogP contribution in [-0.2, 0) is 12.8 Å². The average molecular weight is 249 g/mol. The van der Waals surface area contributed by atoms with Gasteiger partial charge in [-0.25, -0.2) is 4.98 Å². The summed E-state index contributed by atoms with van der Waals surface area (Å²) in [5, 5.41) is 12.5. The predicted molar refractivity (Wildman–Crippen MR) is 74.8 cm³/mol. The Labute approximate surface area is 112 Å². The van der Waals surface area contributed by atoms with Crippen LogP contribution in [0.4, 0.5) is 5.82 Å². The fourth-order valence-electron chi connectivity index (χ4n) is 2.62. The Bertz CT molecular complexity index is 628. The van der Waals surface area contributed by atoms with E-state index in [9.17, 15) is 0 Å². The number of aryl methyl sites for hydroxylation is 1. The molecule has 3 rings (SSSR count). The summed E-state index contributed by atoms with van der Waals surface area (Å²) < 4.78 is 0. The van der Waals surface area contributed by atoms with Gasteiger partial charge in [-0.1, -0.05) is 24.3 Å². The minimum Gasteiger partial charge on any atom is -0.366 e. The summed E-state index contributed by atoms with van der Waals surface area (Å²) in [7, 11) is 0. The Balaban J connectivity index is 1.78. The van der Waals surface area contributed by atoms with Crippen molar-refractivity contribution in [2.45, 2.75) is 25.3 Å². The number of pyridine rings is 1. The highest BCUT2D eigenvalue weighted by atomic mass is 15.0. The summed E-state index contributed by atoms with van der Waals surface area (Å²) in [6, 6.07) is 14.7. The van der Waals surface area contributed by atoms with Crippen LogP contribution in [0, 0.1) is 11.3 Å². The molecule has 0 radical (unpaired) electrons. The molecular weight excluding hydrogens is 234 g/mol. The fraction of sp³-hybridized carbons (Fsp3) is 0.250. The molecule has 1 aromatic carbocycles. The summed E-state index contributed by atoms with van der Waals surface area (Å²) in [4.78, 5) is 4.27. The molecule has 94 valence electrons. The van der Waals surface area contributed by atoms with Crippen LogP contribution in [0.25, 0.3) is 0 Å². The van der Waals surface area contributed by atoms with E-state index in [0.29, 0.717) is 17.4 Å². The van der Waals surface area contributed by atoms with E-state index in [0.717, 1.165) is 19.3 Å². The first-order valence-corrected chi connectivity index (χ1v) is 6.55. The lowest BCUT2D eigenvalue weighted by Crippen LogP contribution is -2.28. The van der Waals surface area contributed by atoms with E-state index in [-0.39, 0.29) is 0 Å². The second-order valence-electron chi connectivity index (χ2n) is 4.86. The molecule has 1 aliphatic rings. The van der Waals surface area contributed by atoms with E-state index in [1.54, 1.807) is 18.3 Å². The van der Waals surface area contributed by atoms with Crippen LogP contribution in [-0.4, -0.2) is 11.0 Å². The molecule has 1 aromatic heterocycles. The number of aromatic nitrogens is 1. The molecule has 0 saturated heterocycles. The average Bonchev–Trinajstić information content (AvgIpc) is 2.48. The molecule has 0 spiro atoms. The summed E-state index contributed by atoms with van der Waals surface area (Å²) in [6.07, 6.45) is 4.89. The van der Waals surface area contributed by atoms with Gasteiger partial charge in [0, 0.05) is 12.2 Å². The Morgan fingerprint density at radius 2 is 2.00 bits per heavy atom. The van der Waals surface area contributed by atoms with Gasteiger partial charge in [0.05, 0.1) is 5.56 Å². The van der Waals surface area contributed by atoms with Crippen LogP contribution in [0.5, 0.6) is 0 Å². The minimum atomic E-state index is 0.358. The van der Waals surface area contributed by atoms with Gasteiger partial charge in [0.1, 0.15) is 11.9 Å². The van der Waals surface area contributed by atoms with Crippen LogP contribution in [0.1, 0.15) is 23.1 Å². The highest BCUT2D eigenvalue weighted by Crippen LogP contribution is 2.23. The van der Waals surface area contributed by atoms with Crippen LogP contribution >= 0.6 is 0 Å². The van der Waals surface area contributed by atoms with E-state index < -0.39 is 0 Å². The highest BCUT2D eigenvalue weighted by molar-refractivity contribution is 5.52. The second kappa shape index (κ2) is 5.11. The number of nitriles is 1. The van der Waals surface area contributed by atoms with Crippen molar-refractivity contribution in [1.82, 2.24) is 4.98 Å². The van der Waals surface area contributed by atoms with E-state index in [4.69, 9.17) is 5.26 Å². The highest BCUT2D eigenvalue weighted by Gasteiger charge is 2.19. The lowest BCUT2D eigenvalue weighted by molar-refractivity contribution is 0.608. The molecule has 19 heavy (non-hydrogen) atoms. The van der Waals surface area contributed by atoms with Crippen molar-refractivity contribution in [3.63, 3.8) is 0 Å². The molecule has 3 heteroatoms. The van der Waals surface area contributed by atoms with Crippen molar-refractivity contribution < 1.29 is 0 Å². The smallest absolute Gasteiger partial charge is 0.144 e. The van der Waals surface area contributed by atoms with E-state index in [2.05, 4.69) is 40.6 Å². The molecular formula is C16H15N3. The van der Waals surface area contributed by atoms with Gasteiger partial charge in [0.25, 0.3) is 0 Å². The van der Waals surface area contributed by atoms with Crippen molar-refractivity contribution in [3.05, 3.63) is 59.3 Å². The number of hydrogen-bond acceptors (Lipinski definition) is 3. The summed E-state index contributed by atoms with van der Waals surface area (Å²) in [6.45, 7) is 0. The van der Waals surface area contributed by atoms with Gasteiger partial charge in [-0.3, -0.25) is 0 Å². The van der Waals surface area contributed by atoms with Crippen molar-refractivity contribution in [2.24, 2.45) is 0 Å². The maximum absolute atomic E-state index is 9.08. The maximum atomic E-state index is 9.08. The Morgan fingerprint density at radius 1 is 1.16 bits per heavy atom. The number of nitrogens with one attached hydrogen (secondary N) is 1. The van der Waals surface area contributed by atoms with Crippen LogP contribution in [0.2, 0.25) is 0 Å². The number of rotatable bonds is 2. The number of fused-ring (bicyclic) bond motifs is 1. The molecule has 1 N–H and O–H groups in total. The van der Waals surface area contributed by atoms with E-state index >= 15 is 0 Å². The van der Waals surface area contributed by atoms with Crippen LogP contribution < -0.4 is 5.32 Å². The SMILES string of the molecule is N#Cc1cccnc1N[C@H]1CCc2ccccc2C1. The fourth-order valence-corrected chi connectivity index (χ4v) is 2.62. The Kier molecular flexibility index (Phi) is 3.16. The largest absolute Gasteiger partial charge is 0.366 e. The van der Waals surface area contributed by atoms with Gasteiger partial charge < -0.3 is 5.32 Å². The zero-order valence-corrected chi connectivity index (χ0v) is 10.6. The zero-order valence-electron chi connectivity index (χ0n) is 10.6. The van der Waals surface area contributed by atoms with Crippen LogP contribution in [0.3, 0.4) is 0 Å². The quantitative estimate of drug-likeness (QED) is 0.890. The number of anilines is 1. The molecule has 0 unspecified atom stereocenters. The molecule has 1 atom stereocenters. The van der Waals surface area contributed by atoms with Crippen molar-refractivity contribution in [3.8, 4) is 6.07 Å². The van der Waals surface area contributed by atoms with Crippen molar-refractivity contribution >= 4 is 5.82 Å². The first kappa shape index (κ1) is 11.7. The molecule has 0 amide bonds. The molecule has 2 aromatic rings. The van der Waals surface area contributed by atoms with Gasteiger partial charge >= 0.3 is 0 Å².